The van der Waals surface area contributed by atoms with E-state index in [1.165, 1.54) is 9.80 Å². The molecule has 1 aromatic rings. The average molecular weight is 362 g/mol. The Morgan fingerprint density at radius 1 is 1.04 bits per heavy atom. The number of carbonyl (C=O) groups is 2. The Bertz CT molecular complexity index is 613. The molecule has 0 bridgehead atoms. The Balaban J connectivity index is 1.85. The van der Waals surface area contributed by atoms with E-state index in [0.717, 1.165) is 37.6 Å². The number of amides is 2. The van der Waals surface area contributed by atoms with E-state index < -0.39 is 0 Å². The molecule has 1 saturated heterocycles. The maximum Gasteiger partial charge on any atom is 0.241 e. The Labute approximate surface area is 156 Å². The number of carbonyl (C=O) groups excluding carboxylic acids is 2. The summed E-state index contributed by atoms with van der Waals surface area (Å²) in [5.41, 5.74) is 1.11. The van der Waals surface area contributed by atoms with Crippen LogP contribution in [0.15, 0.2) is 24.3 Å². The molecule has 2 amide bonds. The van der Waals surface area contributed by atoms with Crippen molar-refractivity contribution in [3.8, 4) is 5.75 Å². The lowest BCUT2D eigenvalue weighted by molar-refractivity contribution is -0.138. The molecule has 2 rings (SSSR count). The molecular weight excluding hydrogens is 332 g/mol. The van der Waals surface area contributed by atoms with Crippen LogP contribution in [0, 0.1) is 0 Å². The van der Waals surface area contributed by atoms with Crippen molar-refractivity contribution in [2.75, 3.05) is 71.9 Å². The number of hydrogen-bond acceptors (Lipinski definition) is 5. The Hall–Kier alpha value is -2.28. The fourth-order valence-electron chi connectivity index (χ4n) is 2.89. The topological polar surface area (TPSA) is 56.3 Å². The predicted molar refractivity (Wildman–Crippen MR) is 103 cm³/mol. The molecule has 7 nitrogen and oxygen atoms in total. The SMILES string of the molecule is CCOc1ccccc1N1CCN(CC(=O)N(C)CC(=O)N(C)C)CC1. The lowest BCUT2D eigenvalue weighted by atomic mass is 10.2. The fourth-order valence-corrected chi connectivity index (χ4v) is 2.89. The first-order valence-electron chi connectivity index (χ1n) is 9.05. The van der Waals surface area contributed by atoms with Crippen LogP contribution in [0.3, 0.4) is 0 Å². The molecule has 7 heteroatoms. The van der Waals surface area contributed by atoms with Gasteiger partial charge in [0.05, 0.1) is 25.4 Å². The van der Waals surface area contributed by atoms with E-state index in [2.05, 4.69) is 15.9 Å². The molecule has 144 valence electrons. The van der Waals surface area contributed by atoms with Gasteiger partial charge in [-0.3, -0.25) is 14.5 Å². The second-order valence-electron chi connectivity index (χ2n) is 6.70. The maximum absolute atomic E-state index is 12.3. The summed E-state index contributed by atoms with van der Waals surface area (Å²) in [7, 11) is 5.07. The van der Waals surface area contributed by atoms with E-state index in [4.69, 9.17) is 4.74 Å². The fraction of sp³-hybridized carbons (Fsp3) is 0.579. The number of para-hydroxylation sites is 2. The highest BCUT2D eigenvalue weighted by molar-refractivity contribution is 5.85. The van der Waals surface area contributed by atoms with Gasteiger partial charge in [0.2, 0.25) is 11.8 Å². The zero-order chi connectivity index (χ0) is 19.1. The third-order valence-corrected chi connectivity index (χ3v) is 4.53. The van der Waals surface area contributed by atoms with Crippen molar-refractivity contribution >= 4 is 17.5 Å². The lowest BCUT2D eigenvalue weighted by Gasteiger charge is -2.36. The molecule has 0 atom stereocenters. The number of nitrogens with zero attached hydrogens (tertiary/aromatic N) is 4. The molecule has 1 aliphatic rings. The molecule has 1 aromatic carbocycles. The van der Waals surface area contributed by atoms with Crippen LogP contribution in [0.4, 0.5) is 5.69 Å². The third-order valence-electron chi connectivity index (χ3n) is 4.53. The normalized spacial score (nSPS) is 14.8. The van der Waals surface area contributed by atoms with Crippen molar-refractivity contribution in [3.05, 3.63) is 24.3 Å². The summed E-state index contributed by atoms with van der Waals surface area (Å²) in [4.78, 5) is 31.5. The van der Waals surface area contributed by atoms with Gasteiger partial charge in [-0.25, -0.2) is 0 Å². The quantitative estimate of drug-likeness (QED) is 0.717. The molecule has 0 radical (unpaired) electrons. The van der Waals surface area contributed by atoms with E-state index in [9.17, 15) is 9.59 Å². The number of benzene rings is 1. The van der Waals surface area contributed by atoms with Gasteiger partial charge in [-0.05, 0) is 19.1 Å². The van der Waals surface area contributed by atoms with Crippen LogP contribution < -0.4 is 9.64 Å². The van der Waals surface area contributed by atoms with Crippen molar-refractivity contribution in [2.45, 2.75) is 6.92 Å². The molecule has 0 saturated carbocycles. The number of likely N-dealkylation sites (N-methyl/N-ethyl adjacent to an activating group) is 2. The first-order chi connectivity index (χ1) is 12.4. The summed E-state index contributed by atoms with van der Waals surface area (Å²) >= 11 is 0. The molecule has 1 aliphatic heterocycles. The van der Waals surface area contributed by atoms with Gasteiger partial charge in [-0.15, -0.1) is 0 Å². The van der Waals surface area contributed by atoms with Crippen LogP contribution in [0.5, 0.6) is 5.75 Å². The first-order valence-corrected chi connectivity index (χ1v) is 9.05. The van der Waals surface area contributed by atoms with Crippen LogP contribution in [0.1, 0.15) is 6.92 Å². The minimum atomic E-state index is -0.0711. The van der Waals surface area contributed by atoms with Crippen molar-refractivity contribution in [3.63, 3.8) is 0 Å². The summed E-state index contributed by atoms with van der Waals surface area (Å²) in [5, 5.41) is 0. The molecule has 0 aliphatic carbocycles. The number of rotatable bonds is 7. The molecule has 1 heterocycles. The monoisotopic (exact) mass is 362 g/mol. The molecule has 0 spiro atoms. The molecule has 0 N–H and O–H groups in total. The van der Waals surface area contributed by atoms with E-state index in [1.807, 2.05) is 25.1 Å². The molecular formula is C19H30N4O3. The van der Waals surface area contributed by atoms with E-state index >= 15 is 0 Å². The Kier molecular flexibility index (Phi) is 7.26. The molecule has 0 aromatic heterocycles. The summed E-state index contributed by atoms with van der Waals surface area (Å²) < 4.78 is 5.72. The zero-order valence-electron chi connectivity index (χ0n) is 16.3. The third kappa shape index (κ3) is 5.36. The minimum absolute atomic E-state index is 0.0247. The van der Waals surface area contributed by atoms with Gasteiger partial charge in [-0.2, -0.15) is 0 Å². The van der Waals surface area contributed by atoms with Crippen LogP contribution in [0.2, 0.25) is 0 Å². The predicted octanol–water partition coefficient (Wildman–Crippen LogP) is 0.754. The Morgan fingerprint density at radius 3 is 2.31 bits per heavy atom. The van der Waals surface area contributed by atoms with Crippen molar-refractivity contribution in [1.29, 1.82) is 0 Å². The summed E-state index contributed by atoms with van der Waals surface area (Å²) in [6.07, 6.45) is 0. The van der Waals surface area contributed by atoms with Gasteiger partial charge < -0.3 is 19.4 Å². The van der Waals surface area contributed by atoms with Gasteiger partial charge >= 0.3 is 0 Å². The smallest absolute Gasteiger partial charge is 0.241 e. The minimum Gasteiger partial charge on any atom is -0.492 e. The van der Waals surface area contributed by atoms with Crippen LogP contribution in [-0.2, 0) is 9.59 Å². The van der Waals surface area contributed by atoms with Gasteiger partial charge in [0.15, 0.2) is 0 Å². The van der Waals surface area contributed by atoms with E-state index in [-0.39, 0.29) is 18.4 Å². The second kappa shape index (κ2) is 9.43. The van der Waals surface area contributed by atoms with Crippen LogP contribution in [0.25, 0.3) is 0 Å². The molecule has 0 unspecified atom stereocenters. The van der Waals surface area contributed by atoms with Gasteiger partial charge in [0.1, 0.15) is 5.75 Å². The largest absolute Gasteiger partial charge is 0.492 e. The number of ether oxygens (including phenoxy) is 1. The summed E-state index contributed by atoms with van der Waals surface area (Å²) in [5.74, 6) is 0.808. The highest BCUT2D eigenvalue weighted by Crippen LogP contribution is 2.28. The first kappa shape index (κ1) is 20.0. The standard InChI is InChI=1S/C19H30N4O3/c1-5-26-17-9-7-6-8-16(17)23-12-10-22(11-13-23)15-19(25)21(4)14-18(24)20(2)3/h6-9H,5,10-15H2,1-4H3. The lowest BCUT2D eigenvalue weighted by Crippen LogP contribution is -2.50. The van der Waals surface area contributed by atoms with Gasteiger partial charge in [-0.1, -0.05) is 12.1 Å². The number of piperazine rings is 1. The van der Waals surface area contributed by atoms with E-state index in [1.54, 1.807) is 21.1 Å². The summed E-state index contributed by atoms with van der Waals surface area (Å²) in [6, 6.07) is 8.07. The Morgan fingerprint density at radius 2 is 1.69 bits per heavy atom. The average Bonchev–Trinajstić information content (AvgIpc) is 2.63. The number of hydrogen-bond donors (Lipinski definition) is 0. The molecule has 26 heavy (non-hydrogen) atoms. The van der Waals surface area contributed by atoms with Crippen molar-refractivity contribution in [1.82, 2.24) is 14.7 Å². The molecule has 1 fully saturated rings. The van der Waals surface area contributed by atoms with Crippen molar-refractivity contribution in [2.24, 2.45) is 0 Å². The van der Waals surface area contributed by atoms with Crippen LogP contribution in [-0.4, -0.2) is 93.5 Å². The number of anilines is 1. The highest BCUT2D eigenvalue weighted by atomic mass is 16.5. The van der Waals surface area contributed by atoms with Gasteiger partial charge in [0, 0.05) is 47.3 Å². The second-order valence-corrected chi connectivity index (χ2v) is 6.70. The summed E-state index contributed by atoms with van der Waals surface area (Å²) in [6.45, 7) is 6.39. The van der Waals surface area contributed by atoms with Crippen molar-refractivity contribution < 1.29 is 14.3 Å². The van der Waals surface area contributed by atoms with Gasteiger partial charge in [0.25, 0.3) is 0 Å². The van der Waals surface area contributed by atoms with Crippen LogP contribution >= 0.6 is 0 Å². The highest BCUT2D eigenvalue weighted by Gasteiger charge is 2.23. The maximum atomic E-state index is 12.3. The van der Waals surface area contributed by atoms with E-state index in [0.29, 0.717) is 13.2 Å². The zero-order valence-corrected chi connectivity index (χ0v) is 16.3.